The van der Waals surface area contributed by atoms with Gasteiger partial charge in [0.2, 0.25) is 0 Å². The Morgan fingerprint density at radius 3 is 3.00 bits per heavy atom. The number of allylic oxidation sites excluding steroid dienone is 1. The Hall–Kier alpha value is -0.940. The second-order valence-electron chi connectivity index (χ2n) is 4.03. The fourth-order valence-corrected chi connectivity index (χ4v) is 1.66. The van der Waals surface area contributed by atoms with Crippen LogP contribution in [0.15, 0.2) is 36.5 Å². The summed E-state index contributed by atoms with van der Waals surface area (Å²) in [7, 11) is 1.44. The van der Waals surface area contributed by atoms with E-state index in [9.17, 15) is 5.11 Å². The van der Waals surface area contributed by atoms with E-state index in [2.05, 4.69) is 12.7 Å². The van der Waals surface area contributed by atoms with Crippen molar-refractivity contribution in [3.8, 4) is 0 Å². The molecule has 17 heavy (non-hydrogen) atoms. The third-order valence-electron chi connectivity index (χ3n) is 2.64. The molecule has 3 N–H and O–H groups in total. The summed E-state index contributed by atoms with van der Waals surface area (Å²) in [4.78, 5) is 0. The van der Waals surface area contributed by atoms with Crippen molar-refractivity contribution >= 4 is 0 Å². The van der Waals surface area contributed by atoms with E-state index in [4.69, 9.17) is 15.2 Å². The third-order valence-corrected chi connectivity index (χ3v) is 2.64. The molecule has 0 heterocycles. The fourth-order valence-electron chi connectivity index (χ4n) is 1.66. The molecule has 0 aromatic rings. The van der Waals surface area contributed by atoms with Gasteiger partial charge in [-0.2, -0.15) is 0 Å². The van der Waals surface area contributed by atoms with Gasteiger partial charge in [-0.1, -0.05) is 29.9 Å². The molecule has 0 amide bonds. The first-order valence-electron chi connectivity index (χ1n) is 5.73. The van der Waals surface area contributed by atoms with Gasteiger partial charge in [0.25, 0.3) is 0 Å². The van der Waals surface area contributed by atoms with Gasteiger partial charge in [-0.3, -0.25) is 0 Å². The van der Waals surface area contributed by atoms with Gasteiger partial charge in [-0.25, -0.2) is 0 Å². The molecule has 0 aromatic heterocycles. The number of methoxy groups -OCH3 is 1. The molecule has 0 unspecified atom stereocenters. The van der Waals surface area contributed by atoms with Crippen molar-refractivity contribution in [1.82, 2.24) is 0 Å². The van der Waals surface area contributed by atoms with Crippen molar-refractivity contribution in [2.24, 2.45) is 5.73 Å². The van der Waals surface area contributed by atoms with Gasteiger partial charge in [-0.15, -0.1) is 6.58 Å². The van der Waals surface area contributed by atoms with Crippen molar-refractivity contribution < 1.29 is 14.6 Å². The lowest BCUT2D eigenvalue weighted by Gasteiger charge is -2.20. The van der Waals surface area contributed by atoms with E-state index in [1.54, 1.807) is 6.08 Å². The molecule has 3 atom stereocenters. The van der Waals surface area contributed by atoms with Crippen LogP contribution in [0.4, 0.5) is 0 Å². The first kappa shape index (κ1) is 14.1. The first-order chi connectivity index (χ1) is 8.17. The van der Waals surface area contributed by atoms with E-state index in [1.807, 2.05) is 12.2 Å². The highest BCUT2D eigenvalue weighted by Crippen LogP contribution is 2.18. The molecule has 0 radical (unpaired) electrons. The minimum Gasteiger partial charge on any atom is -0.370 e. The number of hydrogen-bond acceptors (Lipinski definition) is 4. The maximum atomic E-state index is 9.39. The van der Waals surface area contributed by atoms with Gasteiger partial charge in [0.05, 0.1) is 18.8 Å². The molecule has 0 aliphatic heterocycles. The second kappa shape index (κ2) is 7.40. The van der Waals surface area contributed by atoms with Crippen LogP contribution in [0.3, 0.4) is 0 Å². The number of rotatable bonds is 7. The van der Waals surface area contributed by atoms with Gasteiger partial charge in [-0.05, 0) is 12.8 Å². The van der Waals surface area contributed by atoms with Gasteiger partial charge >= 0.3 is 0 Å². The maximum absolute atomic E-state index is 9.39. The lowest BCUT2D eigenvalue weighted by molar-refractivity contribution is -0.0889. The molecule has 1 rings (SSSR count). The highest BCUT2D eigenvalue weighted by molar-refractivity contribution is 5.25. The molecular formula is C13H21NO3. The summed E-state index contributed by atoms with van der Waals surface area (Å²) in [6.45, 7) is 4.16. The largest absolute Gasteiger partial charge is 0.370 e. The molecule has 0 fully saturated rings. The van der Waals surface area contributed by atoms with Crippen LogP contribution >= 0.6 is 0 Å². The van der Waals surface area contributed by atoms with Gasteiger partial charge < -0.3 is 20.3 Å². The summed E-state index contributed by atoms with van der Waals surface area (Å²) in [5.41, 5.74) is 6.88. The minimum absolute atomic E-state index is 0.111. The predicted octanol–water partition coefficient (Wildman–Crippen LogP) is 1.13. The number of hydrogen-bond donors (Lipinski definition) is 2. The Kier molecular flexibility index (Phi) is 6.15. The molecule has 0 saturated heterocycles. The van der Waals surface area contributed by atoms with E-state index in [1.165, 1.54) is 7.11 Å². The van der Waals surface area contributed by atoms with Crippen LogP contribution in [0.5, 0.6) is 0 Å². The van der Waals surface area contributed by atoms with Crippen molar-refractivity contribution in [3.05, 3.63) is 36.5 Å². The second-order valence-corrected chi connectivity index (χ2v) is 4.03. The summed E-state index contributed by atoms with van der Waals surface area (Å²) in [5, 5.41) is 9.39. The van der Waals surface area contributed by atoms with Crippen LogP contribution < -0.4 is 5.73 Å². The number of aliphatic hydroxyl groups is 1. The standard InChI is InChI=1S/C13H21NO3/c1-3-8-17-11-6-4-10(5-7-11)9-12(14)13(15)16-2/h3-6,11-13,15H,1,7-9,14H2,2H3/t11-,12+,13+/m1/s1. The molecule has 0 bridgehead atoms. The lowest BCUT2D eigenvalue weighted by Crippen LogP contribution is -2.36. The highest BCUT2D eigenvalue weighted by atomic mass is 16.6. The SMILES string of the molecule is C=CCO[C@@H]1C=CC(C[C@H](N)[C@@H](O)OC)=CC1. The monoisotopic (exact) mass is 239 g/mol. The van der Waals surface area contributed by atoms with Crippen LogP contribution in [-0.4, -0.2) is 37.3 Å². The Morgan fingerprint density at radius 1 is 1.71 bits per heavy atom. The Bertz CT molecular complexity index is 299. The van der Waals surface area contributed by atoms with Crippen LogP contribution in [0.1, 0.15) is 12.8 Å². The summed E-state index contributed by atoms with van der Waals surface area (Å²) in [6, 6.07) is -0.401. The smallest absolute Gasteiger partial charge is 0.169 e. The fraction of sp³-hybridized carbons (Fsp3) is 0.538. The maximum Gasteiger partial charge on any atom is 0.169 e. The average Bonchev–Trinajstić information content (AvgIpc) is 2.37. The number of ether oxygens (including phenoxy) is 2. The summed E-state index contributed by atoms with van der Waals surface area (Å²) >= 11 is 0. The molecule has 1 aliphatic rings. The van der Waals surface area contributed by atoms with Crippen molar-refractivity contribution in [1.29, 1.82) is 0 Å². The zero-order valence-corrected chi connectivity index (χ0v) is 10.2. The third kappa shape index (κ3) is 4.83. The molecule has 4 heteroatoms. The van der Waals surface area contributed by atoms with Gasteiger partial charge in [0.1, 0.15) is 0 Å². The summed E-state index contributed by atoms with van der Waals surface area (Å²) < 4.78 is 10.3. The van der Waals surface area contributed by atoms with E-state index in [0.717, 1.165) is 12.0 Å². The van der Waals surface area contributed by atoms with Crippen molar-refractivity contribution in [2.75, 3.05) is 13.7 Å². The molecule has 1 aliphatic carbocycles. The summed E-state index contributed by atoms with van der Waals surface area (Å²) in [5.74, 6) is 0. The molecule has 4 nitrogen and oxygen atoms in total. The number of nitrogens with two attached hydrogens (primary N) is 1. The first-order valence-corrected chi connectivity index (χ1v) is 5.73. The Labute approximate surface area is 102 Å². The molecular weight excluding hydrogens is 218 g/mol. The van der Waals surface area contributed by atoms with Crippen LogP contribution in [-0.2, 0) is 9.47 Å². The molecule has 96 valence electrons. The van der Waals surface area contributed by atoms with Crippen LogP contribution in [0, 0.1) is 0 Å². The topological polar surface area (TPSA) is 64.7 Å². The highest BCUT2D eigenvalue weighted by Gasteiger charge is 2.16. The van der Waals surface area contributed by atoms with E-state index < -0.39 is 12.3 Å². The molecule has 0 saturated carbocycles. The van der Waals surface area contributed by atoms with E-state index in [0.29, 0.717) is 13.0 Å². The van der Waals surface area contributed by atoms with Gasteiger partial charge in [0, 0.05) is 7.11 Å². The quantitative estimate of drug-likeness (QED) is 0.516. The minimum atomic E-state index is -0.918. The van der Waals surface area contributed by atoms with Crippen LogP contribution in [0.2, 0.25) is 0 Å². The zero-order chi connectivity index (χ0) is 12.7. The molecule has 0 aromatic carbocycles. The van der Waals surface area contributed by atoms with Crippen molar-refractivity contribution in [2.45, 2.75) is 31.3 Å². The average molecular weight is 239 g/mol. The van der Waals surface area contributed by atoms with E-state index >= 15 is 0 Å². The molecule has 0 spiro atoms. The van der Waals surface area contributed by atoms with Crippen LogP contribution in [0.25, 0.3) is 0 Å². The Morgan fingerprint density at radius 2 is 2.47 bits per heavy atom. The summed E-state index contributed by atoms with van der Waals surface area (Å²) in [6.07, 6.45) is 8.42. The van der Waals surface area contributed by atoms with Gasteiger partial charge in [0.15, 0.2) is 6.29 Å². The predicted molar refractivity (Wildman–Crippen MR) is 67.4 cm³/mol. The van der Waals surface area contributed by atoms with E-state index in [-0.39, 0.29) is 6.10 Å². The number of aliphatic hydroxyl groups excluding tert-OH is 1. The zero-order valence-electron chi connectivity index (χ0n) is 10.2. The lowest BCUT2D eigenvalue weighted by atomic mass is 9.99. The van der Waals surface area contributed by atoms with Crippen molar-refractivity contribution in [3.63, 3.8) is 0 Å². The normalized spacial score (nSPS) is 23.0. The Balaban J connectivity index is 2.36.